The van der Waals surface area contributed by atoms with Gasteiger partial charge in [0.25, 0.3) is 0 Å². The highest BCUT2D eigenvalue weighted by atomic mass is 16.5. The van der Waals surface area contributed by atoms with E-state index in [1.807, 2.05) is 55.5 Å². The zero-order chi connectivity index (χ0) is 19.6. The van der Waals surface area contributed by atoms with Crippen LogP contribution in [0.4, 0.5) is 17.1 Å². The molecule has 0 aromatic heterocycles. The Morgan fingerprint density at radius 2 is 1.57 bits per heavy atom. The summed E-state index contributed by atoms with van der Waals surface area (Å²) in [5.74, 6) is -0.476. The number of carbonyl (C=O) groups excluding carboxylic acids is 2. The van der Waals surface area contributed by atoms with Gasteiger partial charge in [-0.05, 0) is 44.0 Å². The van der Waals surface area contributed by atoms with E-state index in [-0.39, 0.29) is 11.8 Å². The highest BCUT2D eigenvalue weighted by molar-refractivity contribution is 6.17. The third kappa shape index (κ3) is 3.73. The summed E-state index contributed by atoms with van der Waals surface area (Å²) in [5, 5.41) is 5.89. The third-order valence-electron chi connectivity index (χ3n) is 5.43. The molecule has 2 fully saturated rings. The van der Waals surface area contributed by atoms with Gasteiger partial charge in [-0.2, -0.15) is 0 Å². The SMILES string of the molecule is Cc1ccc(NC(=O)C2(C(=O)Nc3ccccc3N3CCOCC3)CC2)cc1. The number of carbonyl (C=O) groups is 2. The van der Waals surface area contributed by atoms with Crippen LogP contribution in [0.5, 0.6) is 0 Å². The Morgan fingerprint density at radius 3 is 2.25 bits per heavy atom. The molecule has 2 aliphatic rings. The quantitative estimate of drug-likeness (QED) is 0.783. The average molecular weight is 379 g/mol. The number of benzene rings is 2. The van der Waals surface area contributed by atoms with E-state index in [9.17, 15) is 9.59 Å². The molecule has 1 aliphatic heterocycles. The van der Waals surface area contributed by atoms with Crippen LogP contribution in [0.3, 0.4) is 0 Å². The molecule has 1 aliphatic carbocycles. The standard InChI is InChI=1S/C22H25N3O3/c1-16-6-8-17(9-7-16)23-20(26)22(10-11-22)21(27)24-18-4-2-3-5-19(18)25-12-14-28-15-13-25/h2-9H,10-15H2,1H3,(H,23,26)(H,24,27). The molecule has 0 spiro atoms. The minimum atomic E-state index is -0.983. The summed E-state index contributed by atoms with van der Waals surface area (Å²) in [6.07, 6.45) is 1.13. The van der Waals surface area contributed by atoms with Crippen molar-refractivity contribution in [1.82, 2.24) is 0 Å². The molecule has 0 radical (unpaired) electrons. The molecule has 28 heavy (non-hydrogen) atoms. The lowest BCUT2D eigenvalue weighted by Crippen LogP contribution is -2.38. The summed E-state index contributed by atoms with van der Waals surface area (Å²) in [5.41, 5.74) is 2.56. The number of para-hydroxylation sites is 2. The molecule has 0 atom stereocenters. The van der Waals surface area contributed by atoms with Gasteiger partial charge in [-0.1, -0.05) is 29.8 Å². The number of rotatable bonds is 5. The number of nitrogens with zero attached hydrogens (tertiary/aromatic N) is 1. The number of nitrogens with one attached hydrogen (secondary N) is 2. The van der Waals surface area contributed by atoms with E-state index >= 15 is 0 Å². The fraction of sp³-hybridized carbons (Fsp3) is 0.364. The van der Waals surface area contributed by atoms with Crippen molar-refractivity contribution < 1.29 is 14.3 Å². The number of hydrogen-bond donors (Lipinski definition) is 2. The lowest BCUT2D eigenvalue weighted by atomic mass is 10.0. The van der Waals surface area contributed by atoms with Crippen LogP contribution in [0.1, 0.15) is 18.4 Å². The molecule has 4 rings (SSSR count). The van der Waals surface area contributed by atoms with Gasteiger partial charge in [0, 0.05) is 18.8 Å². The van der Waals surface area contributed by atoms with Gasteiger partial charge in [0.05, 0.1) is 24.6 Å². The number of amides is 2. The van der Waals surface area contributed by atoms with Gasteiger partial charge < -0.3 is 20.3 Å². The van der Waals surface area contributed by atoms with Gasteiger partial charge in [-0.3, -0.25) is 9.59 Å². The molecular weight excluding hydrogens is 354 g/mol. The first-order chi connectivity index (χ1) is 13.6. The topological polar surface area (TPSA) is 70.7 Å². The molecule has 2 N–H and O–H groups in total. The van der Waals surface area contributed by atoms with E-state index in [4.69, 9.17) is 4.74 Å². The zero-order valence-corrected chi connectivity index (χ0v) is 16.0. The predicted molar refractivity (Wildman–Crippen MR) is 110 cm³/mol. The largest absolute Gasteiger partial charge is 0.378 e. The number of hydrogen-bond acceptors (Lipinski definition) is 4. The first-order valence-corrected chi connectivity index (χ1v) is 9.70. The second-order valence-electron chi connectivity index (χ2n) is 7.47. The molecule has 6 nitrogen and oxygen atoms in total. The summed E-state index contributed by atoms with van der Waals surface area (Å²) >= 11 is 0. The normalized spacial score (nSPS) is 17.7. The Bertz CT molecular complexity index is 869. The van der Waals surface area contributed by atoms with Gasteiger partial charge in [0.2, 0.25) is 11.8 Å². The smallest absolute Gasteiger partial charge is 0.240 e. The molecule has 6 heteroatoms. The Labute approximate surface area is 164 Å². The van der Waals surface area contributed by atoms with E-state index < -0.39 is 5.41 Å². The third-order valence-corrected chi connectivity index (χ3v) is 5.43. The maximum absolute atomic E-state index is 13.0. The Kier molecular flexibility index (Phi) is 5.05. The average Bonchev–Trinajstić information content (AvgIpc) is 3.53. The second-order valence-corrected chi connectivity index (χ2v) is 7.47. The molecule has 1 heterocycles. The van der Waals surface area contributed by atoms with Crippen LogP contribution in [0, 0.1) is 12.3 Å². The summed E-state index contributed by atoms with van der Waals surface area (Å²) in [4.78, 5) is 28.0. The number of anilines is 3. The van der Waals surface area contributed by atoms with Crippen molar-refractivity contribution in [2.75, 3.05) is 41.8 Å². The fourth-order valence-electron chi connectivity index (χ4n) is 3.47. The Morgan fingerprint density at radius 1 is 0.929 bits per heavy atom. The highest BCUT2D eigenvalue weighted by Gasteiger charge is 2.56. The van der Waals surface area contributed by atoms with Gasteiger partial charge in [0.1, 0.15) is 5.41 Å². The first-order valence-electron chi connectivity index (χ1n) is 9.70. The van der Waals surface area contributed by atoms with Crippen LogP contribution in [-0.2, 0) is 14.3 Å². The number of aryl methyl sites for hydroxylation is 1. The van der Waals surface area contributed by atoms with Crippen molar-refractivity contribution >= 4 is 28.9 Å². The maximum atomic E-state index is 13.0. The summed E-state index contributed by atoms with van der Waals surface area (Å²) < 4.78 is 5.42. The lowest BCUT2D eigenvalue weighted by molar-refractivity contribution is -0.131. The zero-order valence-electron chi connectivity index (χ0n) is 16.0. The van der Waals surface area contributed by atoms with Crippen LogP contribution in [0.15, 0.2) is 48.5 Å². The lowest BCUT2D eigenvalue weighted by Gasteiger charge is -2.30. The van der Waals surface area contributed by atoms with Crippen molar-refractivity contribution in [1.29, 1.82) is 0 Å². The summed E-state index contributed by atoms with van der Waals surface area (Å²) in [7, 11) is 0. The molecule has 2 aromatic carbocycles. The minimum absolute atomic E-state index is 0.238. The fourth-order valence-corrected chi connectivity index (χ4v) is 3.47. The van der Waals surface area contributed by atoms with Crippen LogP contribution >= 0.6 is 0 Å². The van der Waals surface area contributed by atoms with Crippen molar-refractivity contribution in [3.05, 3.63) is 54.1 Å². The molecule has 2 amide bonds. The second kappa shape index (κ2) is 7.64. The molecule has 1 saturated heterocycles. The van der Waals surface area contributed by atoms with E-state index in [0.717, 1.165) is 30.0 Å². The number of ether oxygens (including phenoxy) is 1. The van der Waals surface area contributed by atoms with Crippen LogP contribution in [0.2, 0.25) is 0 Å². The van der Waals surface area contributed by atoms with Crippen molar-refractivity contribution in [3.63, 3.8) is 0 Å². The highest BCUT2D eigenvalue weighted by Crippen LogP contribution is 2.48. The van der Waals surface area contributed by atoms with Crippen molar-refractivity contribution in [3.8, 4) is 0 Å². The van der Waals surface area contributed by atoms with Crippen LogP contribution < -0.4 is 15.5 Å². The first kappa shape index (κ1) is 18.5. The molecule has 146 valence electrons. The van der Waals surface area contributed by atoms with Gasteiger partial charge in [-0.25, -0.2) is 0 Å². The van der Waals surface area contributed by atoms with Crippen molar-refractivity contribution in [2.24, 2.45) is 5.41 Å². The van der Waals surface area contributed by atoms with E-state index in [2.05, 4.69) is 15.5 Å². The Hall–Kier alpha value is -2.86. The summed E-state index contributed by atoms with van der Waals surface area (Å²) in [6.45, 7) is 4.90. The van der Waals surface area contributed by atoms with Crippen molar-refractivity contribution in [2.45, 2.75) is 19.8 Å². The van der Waals surface area contributed by atoms with Gasteiger partial charge >= 0.3 is 0 Å². The molecular formula is C22H25N3O3. The van der Waals surface area contributed by atoms with Gasteiger partial charge in [0.15, 0.2) is 0 Å². The molecule has 0 bridgehead atoms. The molecule has 1 saturated carbocycles. The minimum Gasteiger partial charge on any atom is -0.378 e. The molecule has 2 aromatic rings. The maximum Gasteiger partial charge on any atom is 0.240 e. The van der Waals surface area contributed by atoms with Gasteiger partial charge in [-0.15, -0.1) is 0 Å². The van der Waals surface area contributed by atoms with Crippen LogP contribution in [0.25, 0.3) is 0 Å². The van der Waals surface area contributed by atoms with E-state index in [0.29, 0.717) is 31.7 Å². The summed E-state index contributed by atoms with van der Waals surface area (Å²) in [6, 6.07) is 15.3. The predicted octanol–water partition coefficient (Wildman–Crippen LogP) is 3.19. The monoisotopic (exact) mass is 379 g/mol. The van der Waals surface area contributed by atoms with E-state index in [1.54, 1.807) is 0 Å². The van der Waals surface area contributed by atoms with Crippen LogP contribution in [-0.4, -0.2) is 38.1 Å². The Balaban J connectivity index is 1.47. The molecule has 0 unspecified atom stereocenters. The number of morpholine rings is 1. The van der Waals surface area contributed by atoms with E-state index in [1.165, 1.54) is 0 Å².